The Labute approximate surface area is 160 Å². The van der Waals surface area contributed by atoms with Crippen LogP contribution < -0.4 is 5.32 Å². The standard InChI is InChI=1S/C20H15N5OS/c26-19(25-20-24-13-17(27-20)16-12-22-9-10-23-16)18(14-5-2-1-3-6-14)15-7-4-8-21-11-15/h1-13,18H,(H,24,25,26). The fraction of sp³-hybridized carbons (Fsp3) is 0.0500. The fourth-order valence-electron chi connectivity index (χ4n) is 2.74. The molecule has 7 heteroatoms. The molecule has 1 atom stereocenters. The summed E-state index contributed by atoms with van der Waals surface area (Å²) < 4.78 is 0. The Morgan fingerprint density at radius 3 is 2.41 bits per heavy atom. The number of nitrogens with zero attached hydrogens (tertiary/aromatic N) is 4. The van der Waals surface area contributed by atoms with E-state index in [4.69, 9.17) is 0 Å². The van der Waals surface area contributed by atoms with Gasteiger partial charge in [-0.3, -0.25) is 19.7 Å². The lowest BCUT2D eigenvalue weighted by Crippen LogP contribution is -2.22. The third-order valence-electron chi connectivity index (χ3n) is 3.96. The zero-order chi connectivity index (χ0) is 18.5. The Kier molecular flexibility index (Phi) is 4.93. The number of thiazole rings is 1. The molecule has 0 saturated heterocycles. The normalized spacial score (nSPS) is 11.7. The Hall–Kier alpha value is -3.45. The van der Waals surface area contributed by atoms with Crippen molar-refractivity contribution in [2.24, 2.45) is 0 Å². The van der Waals surface area contributed by atoms with Crippen molar-refractivity contribution in [2.45, 2.75) is 5.92 Å². The molecule has 0 bridgehead atoms. The van der Waals surface area contributed by atoms with E-state index in [2.05, 4.69) is 25.3 Å². The minimum Gasteiger partial charge on any atom is -0.301 e. The molecule has 0 saturated carbocycles. The predicted molar refractivity (Wildman–Crippen MR) is 104 cm³/mol. The van der Waals surface area contributed by atoms with Gasteiger partial charge in [0.15, 0.2) is 5.13 Å². The summed E-state index contributed by atoms with van der Waals surface area (Å²) in [5.74, 6) is -0.627. The van der Waals surface area contributed by atoms with E-state index in [0.29, 0.717) is 5.13 Å². The molecule has 0 aliphatic heterocycles. The molecule has 27 heavy (non-hydrogen) atoms. The van der Waals surface area contributed by atoms with Gasteiger partial charge < -0.3 is 5.32 Å². The number of anilines is 1. The van der Waals surface area contributed by atoms with E-state index >= 15 is 0 Å². The van der Waals surface area contributed by atoms with Crippen LogP contribution in [0.3, 0.4) is 0 Å². The van der Waals surface area contributed by atoms with Crippen LogP contribution in [0.2, 0.25) is 0 Å². The molecule has 3 aromatic heterocycles. The number of benzene rings is 1. The van der Waals surface area contributed by atoms with Crippen molar-refractivity contribution in [3.63, 3.8) is 0 Å². The van der Waals surface area contributed by atoms with Crippen LogP contribution in [0, 0.1) is 0 Å². The predicted octanol–water partition coefficient (Wildman–Crippen LogP) is 3.77. The van der Waals surface area contributed by atoms with Gasteiger partial charge in [-0.25, -0.2) is 4.98 Å². The first kappa shape index (κ1) is 17.0. The maximum atomic E-state index is 13.1. The first-order chi connectivity index (χ1) is 13.3. The van der Waals surface area contributed by atoms with Gasteiger partial charge in [-0.05, 0) is 17.2 Å². The summed E-state index contributed by atoms with van der Waals surface area (Å²) in [6.07, 6.45) is 10.0. The molecule has 6 nitrogen and oxygen atoms in total. The number of hydrogen-bond acceptors (Lipinski definition) is 6. The zero-order valence-electron chi connectivity index (χ0n) is 14.2. The van der Waals surface area contributed by atoms with E-state index in [1.807, 2.05) is 42.5 Å². The molecule has 1 aromatic carbocycles. The molecule has 0 aliphatic carbocycles. The average molecular weight is 373 g/mol. The van der Waals surface area contributed by atoms with Crippen LogP contribution in [-0.4, -0.2) is 25.8 Å². The van der Waals surface area contributed by atoms with Crippen LogP contribution in [0.5, 0.6) is 0 Å². The van der Waals surface area contributed by atoms with Gasteiger partial charge in [0.2, 0.25) is 5.91 Å². The minimum absolute atomic E-state index is 0.158. The Morgan fingerprint density at radius 2 is 1.67 bits per heavy atom. The number of carbonyl (C=O) groups excluding carboxylic acids is 1. The second-order valence-corrected chi connectivity index (χ2v) is 6.77. The maximum Gasteiger partial charge on any atom is 0.238 e. The lowest BCUT2D eigenvalue weighted by molar-refractivity contribution is -0.116. The number of hydrogen-bond donors (Lipinski definition) is 1. The summed E-state index contributed by atoms with van der Waals surface area (Å²) in [6.45, 7) is 0. The highest BCUT2D eigenvalue weighted by molar-refractivity contribution is 7.19. The van der Waals surface area contributed by atoms with Gasteiger partial charge in [-0.2, -0.15) is 0 Å². The first-order valence-corrected chi connectivity index (χ1v) is 9.11. The van der Waals surface area contributed by atoms with Gasteiger partial charge in [0.05, 0.1) is 17.0 Å². The van der Waals surface area contributed by atoms with Crippen molar-refractivity contribution >= 4 is 22.4 Å². The van der Waals surface area contributed by atoms with Crippen LogP contribution in [-0.2, 0) is 4.79 Å². The highest BCUT2D eigenvalue weighted by atomic mass is 32.1. The van der Waals surface area contributed by atoms with E-state index < -0.39 is 5.92 Å². The lowest BCUT2D eigenvalue weighted by Gasteiger charge is -2.16. The third-order valence-corrected chi connectivity index (χ3v) is 4.90. The second kappa shape index (κ2) is 7.84. The molecule has 4 aromatic rings. The number of nitrogens with one attached hydrogen (secondary N) is 1. The molecular weight excluding hydrogens is 358 g/mol. The summed E-state index contributed by atoms with van der Waals surface area (Å²) in [5.41, 5.74) is 2.45. The van der Waals surface area contributed by atoms with Crippen LogP contribution in [0.25, 0.3) is 10.6 Å². The van der Waals surface area contributed by atoms with Crippen molar-refractivity contribution in [1.29, 1.82) is 0 Å². The topological polar surface area (TPSA) is 80.7 Å². The number of carbonyl (C=O) groups is 1. The minimum atomic E-state index is -0.469. The summed E-state index contributed by atoms with van der Waals surface area (Å²) in [7, 11) is 0. The van der Waals surface area contributed by atoms with Gasteiger partial charge in [0.1, 0.15) is 5.69 Å². The fourth-order valence-corrected chi connectivity index (χ4v) is 3.52. The molecule has 1 N–H and O–H groups in total. The van der Waals surface area contributed by atoms with E-state index in [1.165, 1.54) is 11.3 Å². The molecular formula is C20H15N5OS. The smallest absolute Gasteiger partial charge is 0.238 e. The molecule has 132 valence electrons. The zero-order valence-corrected chi connectivity index (χ0v) is 15.0. The summed E-state index contributed by atoms with van der Waals surface area (Å²) >= 11 is 1.36. The maximum absolute atomic E-state index is 13.1. The lowest BCUT2D eigenvalue weighted by atomic mass is 9.92. The van der Waals surface area contributed by atoms with Gasteiger partial charge >= 0.3 is 0 Å². The first-order valence-electron chi connectivity index (χ1n) is 8.29. The SMILES string of the molecule is O=C(Nc1ncc(-c2cnccn2)s1)C(c1ccccc1)c1cccnc1. The summed E-state index contributed by atoms with van der Waals surface area (Å²) in [5, 5.41) is 3.44. The van der Waals surface area contributed by atoms with Crippen molar-refractivity contribution in [2.75, 3.05) is 5.32 Å². The van der Waals surface area contributed by atoms with Gasteiger partial charge in [0.25, 0.3) is 0 Å². The highest BCUT2D eigenvalue weighted by Crippen LogP contribution is 2.30. The average Bonchev–Trinajstić information content (AvgIpc) is 3.19. The largest absolute Gasteiger partial charge is 0.301 e. The van der Waals surface area contributed by atoms with E-state index in [0.717, 1.165) is 21.7 Å². The van der Waals surface area contributed by atoms with Gasteiger partial charge in [-0.15, -0.1) is 0 Å². The molecule has 0 fully saturated rings. The van der Waals surface area contributed by atoms with Crippen molar-refractivity contribution in [3.8, 4) is 10.6 Å². The van der Waals surface area contributed by atoms with Crippen LogP contribution in [0.15, 0.2) is 79.6 Å². The molecule has 4 rings (SSSR count). The quantitative estimate of drug-likeness (QED) is 0.576. The second-order valence-electron chi connectivity index (χ2n) is 5.74. The molecule has 0 spiro atoms. The number of amides is 1. The van der Waals surface area contributed by atoms with Gasteiger partial charge in [-0.1, -0.05) is 47.7 Å². The summed E-state index contributed by atoms with van der Waals surface area (Å²) in [4.78, 5) is 30.7. The van der Waals surface area contributed by atoms with Crippen molar-refractivity contribution < 1.29 is 4.79 Å². The van der Waals surface area contributed by atoms with E-state index in [1.54, 1.807) is 37.2 Å². The number of aromatic nitrogens is 4. The molecule has 3 heterocycles. The van der Waals surface area contributed by atoms with Crippen LogP contribution >= 0.6 is 11.3 Å². The number of pyridine rings is 1. The molecule has 1 amide bonds. The Balaban J connectivity index is 1.61. The van der Waals surface area contributed by atoms with Gasteiger partial charge in [0, 0.05) is 31.0 Å². The monoisotopic (exact) mass is 373 g/mol. The van der Waals surface area contributed by atoms with E-state index in [-0.39, 0.29) is 5.91 Å². The van der Waals surface area contributed by atoms with Crippen molar-refractivity contribution in [3.05, 3.63) is 90.8 Å². The molecule has 0 aliphatic rings. The van der Waals surface area contributed by atoms with Crippen LogP contribution in [0.1, 0.15) is 17.0 Å². The molecule has 0 radical (unpaired) electrons. The highest BCUT2D eigenvalue weighted by Gasteiger charge is 2.24. The molecule has 1 unspecified atom stereocenters. The van der Waals surface area contributed by atoms with E-state index in [9.17, 15) is 4.79 Å². The van der Waals surface area contributed by atoms with Crippen molar-refractivity contribution in [1.82, 2.24) is 19.9 Å². The summed E-state index contributed by atoms with van der Waals surface area (Å²) in [6, 6.07) is 13.4. The third kappa shape index (κ3) is 3.88. The van der Waals surface area contributed by atoms with Crippen LogP contribution in [0.4, 0.5) is 5.13 Å². The Bertz CT molecular complexity index is 982. The number of rotatable bonds is 5. The Morgan fingerprint density at radius 1 is 0.852 bits per heavy atom.